The second-order valence-corrected chi connectivity index (χ2v) is 4.71. The average Bonchev–Trinajstić information content (AvgIpc) is 2.40. The summed E-state index contributed by atoms with van der Waals surface area (Å²) in [7, 11) is 0. The van der Waals surface area contributed by atoms with E-state index in [1.165, 1.54) is 12.1 Å². The molecule has 0 aliphatic rings. The van der Waals surface area contributed by atoms with Gasteiger partial charge in [-0.15, -0.1) is 0 Å². The number of nitrogens with two attached hydrogens (primary N) is 1. The number of aromatic nitrogens is 1. The minimum atomic E-state index is -0.561. The van der Waals surface area contributed by atoms with Crippen LogP contribution < -0.4 is 11.1 Å². The van der Waals surface area contributed by atoms with Gasteiger partial charge in [-0.3, -0.25) is 4.79 Å². The van der Waals surface area contributed by atoms with Gasteiger partial charge in [-0.25, -0.2) is 9.37 Å². The molecule has 0 fully saturated rings. The fourth-order valence-corrected chi connectivity index (χ4v) is 1.99. The maximum absolute atomic E-state index is 13.1. The Hall–Kier alpha value is -1.95. The van der Waals surface area contributed by atoms with Gasteiger partial charge in [-0.1, -0.05) is 15.9 Å². The predicted octanol–water partition coefficient (Wildman–Crippen LogP) is 2.69. The highest BCUT2D eigenvalue weighted by molar-refractivity contribution is 9.10. The molecule has 0 radical (unpaired) electrons. The van der Waals surface area contributed by atoms with E-state index in [9.17, 15) is 9.18 Å². The zero-order valence-corrected chi connectivity index (χ0v) is 11.4. The molecule has 4 nitrogen and oxygen atoms in total. The first-order valence-electron chi connectivity index (χ1n) is 5.50. The highest BCUT2D eigenvalue weighted by Crippen LogP contribution is 2.19. The van der Waals surface area contributed by atoms with Crippen LogP contribution >= 0.6 is 15.9 Å². The third kappa shape index (κ3) is 3.29. The van der Waals surface area contributed by atoms with Crippen LogP contribution in [0.3, 0.4) is 0 Å². The average molecular weight is 324 g/mol. The summed E-state index contributed by atoms with van der Waals surface area (Å²) in [5, 5.41) is 2.97. The van der Waals surface area contributed by atoms with E-state index in [2.05, 4.69) is 26.2 Å². The number of nitrogens with zero attached hydrogens (tertiary/aromatic N) is 1. The molecule has 0 spiro atoms. The standard InChI is InChI=1S/C13H11BrFN3O/c14-11-4-3-9(15)6-8(11)7-18-13-10(12(16)19)2-1-5-17-13/h1-6H,7H2,(H2,16,19)(H,17,18). The SMILES string of the molecule is NC(=O)c1cccnc1NCc1cc(F)ccc1Br. The number of nitrogens with one attached hydrogen (secondary N) is 1. The first kappa shape index (κ1) is 13.5. The Morgan fingerprint density at radius 2 is 2.21 bits per heavy atom. The quantitative estimate of drug-likeness (QED) is 0.909. The van der Waals surface area contributed by atoms with Gasteiger partial charge in [0.25, 0.3) is 5.91 Å². The molecule has 3 N–H and O–H groups in total. The lowest BCUT2D eigenvalue weighted by Crippen LogP contribution is -2.15. The number of amides is 1. The van der Waals surface area contributed by atoms with E-state index in [0.29, 0.717) is 17.9 Å². The Kier molecular flexibility index (Phi) is 4.11. The summed E-state index contributed by atoms with van der Waals surface area (Å²) in [6, 6.07) is 7.61. The summed E-state index contributed by atoms with van der Waals surface area (Å²) in [4.78, 5) is 15.3. The van der Waals surface area contributed by atoms with Crippen molar-refractivity contribution in [3.05, 3.63) is 57.9 Å². The number of pyridine rings is 1. The van der Waals surface area contributed by atoms with E-state index in [1.54, 1.807) is 24.4 Å². The molecule has 0 unspecified atom stereocenters. The van der Waals surface area contributed by atoms with Gasteiger partial charge >= 0.3 is 0 Å². The van der Waals surface area contributed by atoms with E-state index in [1.807, 2.05) is 0 Å². The predicted molar refractivity (Wildman–Crippen MR) is 74.2 cm³/mol. The van der Waals surface area contributed by atoms with Gasteiger partial charge in [0.05, 0.1) is 5.56 Å². The lowest BCUT2D eigenvalue weighted by molar-refractivity contribution is 0.100. The van der Waals surface area contributed by atoms with Crippen LogP contribution in [0.2, 0.25) is 0 Å². The van der Waals surface area contributed by atoms with Crippen molar-refractivity contribution in [3.63, 3.8) is 0 Å². The van der Waals surface area contributed by atoms with Crippen LogP contribution in [0.5, 0.6) is 0 Å². The second-order valence-electron chi connectivity index (χ2n) is 3.85. The lowest BCUT2D eigenvalue weighted by atomic mass is 10.2. The second kappa shape index (κ2) is 5.79. The molecule has 1 aromatic carbocycles. The Morgan fingerprint density at radius 1 is 1.42 bits per heavy atom. The minimum absolute atomic E-state index is 0.301. The Morgan fingerprint density at radius 3 is 2.95 bits per heavy atom. The van der Waals surface area contributed by atoms with Crippen LogP contribution in [0.15, 0.2) is 41.0 Å². The summed E-state index contributed by atoms with van der Waals surface area (Å²) in [5.74, 6) is -0.504. The number of anilines is 1. The van der Waals surface area contributed by atoms with Crippen molar-refractivity contribution < 1.29 is 9.18 Å². The van der Waals surface area contributed by atoms with Crippen LogP contribution in [0, 0.1) is 5.82 Å². The fourth-order valence-electron chi connectivity index (χ4n) is 1.60. The van der Waals surface area contributed by atoms with Crippen molar-refractivity contribution in [3.8, 4) is 0 Å². The van der Waals surface area contributed by atoms with Crippen molar-refractivity contribution in [2.75, 3.05) is 5.32 Å². The molecule has 2 aromatic rings. The van der Waals surface area contributed by atoms with E-state index in [-0.39, 0.29) is 5.82 Å². The highest BCUT2D eigenvalue weighted by Gasteiger charge is 2.09. The van der Waals surface area contributed by atoms with Crippen molar-refractivity contribution in [1.82, 2.24) is 4.98 Å². The van der Waals surface area contributed by atoms with E-state index in [4.69, 9.17) is 5.73 Å². The molecule has 0 aliphatic carbocycles. The third-order valence-electron chi connectivity index (χ3n) is 2.53. The van der Waals surface area contributed by atoms with Crippen LogP contribution in [0.25, 0.3) is 0 Å². The molecule has 6 heteroatoms. The van der Waals surface area contributed by atoms with Gasteiger partial charge in [0.2, 0.25) is 0 Å². The Balaban J connectivity index is 2.19. The van der Waals surface area contributed by atoms with Gasteiger partial charge in [0.15, 0.2) is 0 Å². The molecule has 1 amide bonds. The largest absolute Gasteiger partial charge is 0.365 e. The molecule has 0 bridgehead atoms. The maximum Gasteiger partial charge on any atom is 0.252 e. The molecular weight excluding hydrogens is 313 g/mol. The molecule has 0 saturated heterocycles. The zero-order chi connectivity index (χ0) is 13.8. The summed E-state index contributed by atoms with van der Waals surface area (Å²) < 4.78 is 13.9. The molecule has 0 atom stereocenters. The van der Waals surface area contributed by atoms with E-state index >= 15 is 0 Å². The Bertz CT molecular complexity index is 619. The number of rotatable bonds is 4. The molecule has 98 valence electrons. The third-order valence-corrected chi connectivity index (χ3v) is 3.30. The molecule has 0 saturated carbocycles. The summed E-state index contributed by atoms with van der Waals surface area (Å²) in [6.07, 6.45) is 1.55. The molecule has 19 heavy (non-hydrogen) atoms. The van der Waals surface area contributed by atoms with Crippen molar-refractivity contribution in [2.24, 2.45) is 5.73 Å². The van der Waals surface area contributed by atoms with Gasteiger partial charge in [-0.05, 0) is 35.9 Å². The van der Waals surface area contributed by atoms with Crippen molar-refractivity contribution in [2.45, 2.75) is 6.54 Å². The monoisotopic (exact) mass is 323 g/mol. The summed E-state index contributed by atoms with van der Waals surface area (Å²) in [5.41, 5.74) is 6.27. The van der Waals surface area contributed by atoms with Gasteiger partial charge in [-0.2, -0.15) is 0 Å². The van der Waals surface area contributed by atoms with E-state index in [0.717, 1.165) is 10.0 Å². The van der Waals surface area contributed by atoms with Crippen LogP contribution in [0.1, 0.15) is 15.9 Å². The van der Waals surface area contributed by atoms with Crippen LogP contribution in [-0.4, -0.2) is 10.9 Å². The van der Waals surface area contributed by atoms with Gasteiger partial charge in [0, 0.05) is 17.2 Å². The van der Waals surface area contributed by atoms with Gasteiger partial charge < -0.3 is 11.1 Å². The number of hydrogen-bond donors (Lipinski definition) is 2. The summed E-state index contributed by atoms with van der Waals surface area (Å²) >= 11 is 3.33. The number of primary amides is 1. The maximum atomic E-state index is 13.1. The number of benzene rings is 1. The minimum Gasteiger partial charge on any atom is -0.365 e. The normalized spacial score (nSPS) is 10.2. The zero-order valence-electron chi connectivity index (χ0n) is 9.86. The molecule has 0 aliphatic heterocycles. The topological polar surface area (TPSA) is 68.0 Å². The molecule has 1 aromatic heterocycles. The summed E-state index contributed by atoms with van der Waals surface area (Å²) in [6.45, 7) is 0.329. The van der Waals surface area contributed by atoms with Crippen molar-refractivity contribution in [1.29, 1.82) is 0 Å². The van der Waals surface area contributed by atoms with Crippen LogP contribution in [0.4, 0.5) is 10.2 Å². The lowest BCUT2D eigenvalue weighted by Gasteiger charge is -2.10. The highest BCUT2D eigenvalue weighted by atomic mass is 79.9. The van der Waals surface area contributed by atoms with Crippen molar-refractivity contribution >= 4 is 27.7 Å². The first-order chi connectivity index (χ1) is 9.08. The number of carbonyl (C=O) groups excluding carboxylic acids is 1. The number of hydrogen-bond acceptors (Lipinski definition) is 3. The van der Waals surface area contributed by atoms with E-state index < -0.39 is 5.91 Å². The van der Waals surface area contributed by atoms with Crippen LogP contribution in [-0.2, 0) is 6.54 Å². The molecule has 2 rings (SSSR count). The molecular formula is C13H11BrFN3O. The van der Waals surface area contributed by atoms with Gasteiger partial charge in [0.1, 0.15) is 11.6 Å². The molecule has 1 heterocycles. The number of halogens is 2. The first-order valence-corrected chi connectivity index (χ1v) is 6.30. The fraction of sp³-hybridized carbons (Fsp3) is 0.0769. The number of carbonyl (C=O) groups is 1. The smallest absolute Gasteiger partial charge is 0.252 e. The Labute approximate surface area is 118 Å².